The van der Waals surface area contributed by atoms with Crippen molar-refractivity contribution in [3.63, 3.8) is 0 Å². The van der Waals surface area contributed by atoms with Crippen LogP contribution in [0.1, 0.15) is 25.5 Å². The number of carbonyl (C=O) groups excluding carboxylic acids is 2. The van der Waals surface area contributed by atoms with Crippen LogP contribution in [0.2, 0.25) is 0 Å². The third-order valence-corrected chi connectivity index (χ3v) is 4.49. The molecule has 2 aliphatic heterocycles. The molecule has 0 spiro atoms. The van der Waals surface area contributed by atoms with Gasteiger partial charge in [0, 0.05) is 19.6 Å². The molecule has 1 aromatic carbocycles. The summed E-state index contributed by atoms with van der Waals surface area (Å²) in [5, 5.41) is 2.65. The number of nitrogens with one attached hydrogen (secondary N) is 1. The van der Waals surface area contributed by atoms with Crippen LogP contribution in [0.4, 0.5) is 4.79 Å². The van der Waals surface area contributed by atoms with Gasteiger partial charge in [-0.2, -0.15) is 0 Å². The maximum atomic E-state index is 12.0. The van der Waals surface area contributed by atoms with Crippen molar-refractivity contribution in [1.82, 2.24) is 15.1 Å². The first kappa shape index (κ1) is 16.0. The highest BCUT2D eigenvalue weighted by atomic mass is 16.5. The minimum atomic E-state index is -0.420. The van der Waals surface area contributed by atoms with E-state index in [-0.39, 0.29) is 24.1 Å². The summed E-state index contributed by atoms with van der Waals surface area (Å²) in [7, 11) is 0. The highest BCUT2D eigenvalue weighted by Gasteiger charge is 2.36. The number of morpholine rings is 1. The van der Waals surface area contributed by atoms with Gasteiger partial charge in [0.05, 0.1) is 18.8 Å². The Morgan fingerprint density at radius 3 is 2.57 bits per heavy atom. The molecule has 0 bridgehead atoms. The normalized spacial score (nSPS) is 29.0. The van der Waals surface area contributed by atoms with Gasteiger partial charge in [-0.3, -0.25) is 14.6 Å². The third-order valence-electron chi connectivity index (χ3n) is 4.49. The molecule has 124 valence electrons. The molecule has 6 heteroatoms. The fourth-order valence-electron chi connectivity index (χ4n) is 3.20. The lowest BCUT2D eigenvalue weighted by Gasteiger charge is -2.39. The van der Waals surface area contributed by atoms with Crippen molar-refractivity contribution in [3.8, 4) is 0 Å². The van der Waals surface area contributed by atoms with Crippen LogP contribution in [0.15, 0.2) is 30.3 Å². The van der Waals surface area contributed by atoms with Crippen molar-refractivity contribution in [2.24, 2.45) is 0 Å². The van der Waals surface area contributed by atoms with Crippen LogP contribution < -0.4 is 5.32 Å². The Morgan fingerprint density at radius 1 is 1.17 bits per heavy atom. The van der Waals surface area contributed by atoms with Crippen LogP contribution in [0.25, 0.3) is 0 Å². The van der Waals surface area contributed by atoms with Gasteiger partial charge in [-0.1, -0.05) is 30.3 Å². The van der Waals surface area contributed by atoms with E-state index in [0.29, 0.717) is 19.7 Å². The minimum Gasteiger partial charge on any atom is -0.375 e. The molecular formula is C17H23N3O3. The zero-order chi connectivity index (χ0) is 16.4. The van der Waals surface area contributed by atoms with E-state index in [0.717, 1.165) is 6.54 Å². The Hall–Kier alpha value is -1.92. The zero-order valence-corrected chi connectivity index (χ0v) is 13.6. The second-order valence-electron chi connectivity index (χ2n) is 6.23. The SMILES string of the molecule is CC1CN(CCN2C(=O)NC(C)C2=O)C(c2ccccc2)CO1. The fourth-order valence-corrected chi connectivity index (χ4v) is 3.20. The molecule has 0 aliphatic carbocycles. The topological polar surface area (TPSA) is 61.9 Å². The van der Waals surface area contributed by atoms with Gasteiger partial charge in [0.2, 0.25) is 0 Å². The number of ether oxygens (including phenoxy) is 1. The van der Waals surface area contributed by atoms with E-state index in [1.807, 2.05) is 25.1 Å². The maximum absolute atomic E-state index is 12.0. The summed E-state index contributed by atoms with van der Waals surface area (Å²) in [5.74, 6) is -0.146. The van der Waals surface area contributed by atoms with E-state index >= 15 is 0 Å². The molecule has 2 saturated heterocycles. The summed E-state index contributed by atoms with van der Waals surface area (Å²) in [4.78, 5) is 27.4. The van der Waals surface area contributed by atoms with Crippen molar-refractivity contribution in [2.75, 3.05) is 26.2 Å². The quantitative estimate of drug-likeness (QED) is 0.853. The first-order chi connectivity index (χ1) is 11.1. The van der Waals surface area contributed by atoms with Crippen LogP contribution in [0.5, 0.6) is 0 Å². The number of benzene rings is 1. The molecule has 0 saturated carbocycles. The molecule has 2 aliphatic rings. The van der Waals surface area contributed by atoms with Gasteiger partial charge in [0.15, 0.2) is 0 Å². The lowest BCUT2D eigenvalue weighted by molar-refractivity contribution is -0.127. The molecule has 0 radical (unpaired) electrons. The predicted molar refractivity (Wildman–Crippen MR) is 85.9 cm³/mol. The van der Waals surface area contributed by atoms with Gasteiger partial charge < -0.3 is 10.1 Å². The Kier molecular flexibility index (Phi) is 4.63. The largest absolute Gasteiger partial charge is 0.375 e. The van der Waals surface area contributed by atoms with Gasteiger partial charge in [-0.05, 0) is 19.4 Å². The third kappa shape index (κ3) is 3.38. The summed E-state index contributed by atoms with van der Waals surface area (Å²) in [6, 6.07) is 9.66. The number of nitrogens with zero attached hydrogens (tertiary/aromatic N) is 2. The van der Waals surface area contributed by atoms with Gasteiger partial charge in [-0.15, -0.1) is 0 Å². The Balaban J connectivity index is 1.68. The fraction of sp³-hybridized carbons (Fsp3) is 0.529. The van der Waals surface area contributed by atoms with E-state index in [4.69, 9.17) is 4.74 Å². The van der Waals surface area contributed by atoms with Crippen LogP contribution in [-0.4, -0.2) is 60.1 Å². The molecule has 1 N–H and O–H groups in total. The number of hydrogen-bond acceptors (Lipinski definition) is 4. The molecule has 3 amide bonds. The molecule has 23 heavy (non-hydrogen) atoms. The lowest BCUT2D eigenvalue weighted by Crippen LogP contribution is -2.47. The van der Waals surface area contributed by atoms with E-state index in [9.17, 15) is 9.59 Å². The molecule has 2 fully saturated rings. The molecule has 2 heterocycles. The molecule has 0 aromatic heterocycles. The lowest BCUT2D eigenvalue weighted by atomic mass is 10.0. The monoisotopic (exact) mass is 317 g/mol. The molecule has 3 rings (SSSR count). The van der Waals surface area contributed by atoms with Gasteiger partial charge in [0.1, 0.15) is 6.04 Å². The van der Waals surface area contributed by atoms with Gasteiger partial charge in [-0.25, -0.2) is 4.79 Å². The van der Waals surface area contributed by atoms with Crippen LogP contribution in [-0.2, 0) is 9.53 Å². The summed E-state index contributed by atoms with van der Waals surface area (Å²) >= 11 is 0. The number of amides is 3. The first-order valence-corrected chi connectivity index (χ1v) is 8.08. The average Bonchev–Trinajstić information content (AvgIpc) is 2.79. The van der Waals surface area contributed by atoms with E-state index < -0.39 is 6.04 Å². The van der Waals surface area contributed by atoms with Crippen LogP contribution >= 0.6 is 0 Å². The number of hydrogen-bond donors (Lipinski definition) is 1. The molecular weight excluding hydrogens is 294 g/mol. The first-order valence-electron chi connectivity index (χ1n) is 8.08. The zero-order valence-electron chi connectivity index (χ0n) is 13.6. The smallest absolute Gasteiger partial charge is 0.324 e. The number of rotatable bonds is 4. The number of carbonyl (C=O) groups is 2. The summed E-state index contributed by atoms with van der Waals surface area (Å²) < 4.78 is 5.80. The Morgan fingerprint density at radius 2 is 1.91 bits per heavy atom. The maximum Gasteiger partial charge on any atom is 0.324 e. The molecule has 6 nitrogen and oxygen atoms in total. The summed E-state index contributed by atoms with van der Waals surface area (Å²) in [6.07, 6.45) is 0.150. The predicted octanol–water partition coefficient (Wildman–Crippen LogP) is 1.39. The minimum absolute atomic E-state index is 0.146. The van der Waals surface area contributed by atoms with Gasteiger partial charge in [0.25, 0.3) is 5.91 Å². The van der Waals surface area contributed by atoms with E-state index in [2.05, 4.69) is 22.3 Å². The van der Waals surface area contributed by atoms with Crippen molar-refractivity contribution in [2.45, 2.75) is 32.0 Å². The van der Waals surface area contributed by atoms with Crippen LogP contribution in [0.3, 0.4) is 0 Å². The Bertz CT molecular complexity index is 578. The van der Waals surface area contributed by atoms with Crippen molar-refractivity contribution >= 4 is 11.9 Å². The highest BCUT2D eigenvalue weighted by molar-refractivity contribution is 6.03. The number of imide groups is 1. The molecule has 1 aromatic rings. The van der Waals surface area contributed by atoms with Crippen molar-refractivity contribution in [1.29, 1.82) is 0 Å². The number of urea groups is 1. The van der Waals surface area contributed by atoms with Crippen LogP contribution in [0, 0.1) is 0 Å². The van der Waals surface area contributed by atoms with E-state index in [1.54, 1.807) is 6.92 Å². The van der Waals surface area contributed by atoms with Gasteiger partial charge >= 0.3 is 6.03 Å². The summed E-state index contributed by atoms with van der Waals surface area (Å²) in [6.45, 7) is 6.23. The molecule has 3 unspecified atom stereocenters. The second kappa shape index (κ2) is 6.68. The molecule has 3 atom stereocenters. The Labute approximate surface area is 136 Å². The van der Waals surface area contributed by atoms with Crippen molar-refractivity contribution < 1.29 is 14.3 Å². The summed E-state index contributed by atoms with van der Waals surface area (Å²) in [5.41, 5.74) is 1.20. The highest BCUT2D eigenvalue weighted by Crippen LogP contribution is 2.26. The standard InChI is InChI=1S/C17H23N3O3/c1-12-10-19(8-9-20-16(21)13(2)18-17(20)22)15(11-23-12)14-6-4-3-5-7-14/h3-7,12-13,15H,8-11H2,1-2H3,(H,18,22). The average molecular weight is 317 g/mol. The van der Waals surface area contributed by atoms with Crippen molar-refractivity contribution in [3.05, 3.63) is 35.9 Å². The van der Waals surface area contributed by atoms with E-state index in [1.165, 1.54) is 10.5 Å². The second-order valence-corrected chi connectivity index (χ2v) is 6.23.